The van der Waals surface area contributed by atoms with Gasteiger partial charge in [-0.3, -0.25) is 4.79 Å². The van der Waals surface area contributed by atoms with Crippen LogP contribution in [-0.4, -0.2) is 30.6 Å². The molecule has 1 aliphatic heterocycles. The molecule has 6 nitrogen and oxygen atoms in total. The molecule has 0 spiro atoms. The van der Waals surface area contributed by atoms with E-state index in [1.54, 1.807) is 12.3 Å². The number of anilines is 1. The second-order valence-electron chi connectivity index (χ2n) is 7.34. The van der Waals surface area contributed by atoms with Gasteiger partial charge in [0, 0.05) is 18.5 Å². The van der Waals surface area contributed by atoms with E-state index in [9.17, 15) is 4.79 Å². The van der Waals surface area contributed by atoms with Gasteiger partial charge in [-0.25, -0.2) is 4.98 Å². The lowest BCUT2D eigenvalue weighted by Crippen LogP contribution is -2.34. The van der Waals surface area contributed by atoms with E-state index in [-0.39, 0.29) is 12.5 Å². The number of amides is 1. The zero-order valence-electron chi connectivity index (χ0n) is 16.1. The van der Waals surface area contributed by atoms with Gasteiger partial charge in [-0.05, 0) is 49.1 Å². The maximum atomic E-state index is 12.1. The molecule has 4 rings (SSSR count). The number of rotatable bonds is 6. The maximum absolute atomic E-state index is 12.1. The largest absolute Gasteiger partial charge is 0.481 e. The molecule has 0 saturated carbocycles. The van der Waals surface area contributed by atoms with Crippen molar-refractivity contribution >= 4 is 22.6 Å². The van der Waals surface area contributed by atoms with Crippen molar-refractivity contribution in [3.05, 3.63) is 54.5 Å². The summed E-state index contributed by atoms with van der Waals surface area (Å²) < 4.78 is 11.0. The standard InChI is InChI=1S/C22H25N3O3/c1-16-5-3-11-25(14-16)20-10-9-17-6-2-8-19(22(17)24-20)28-15-21(26)23-13-18-7-4-12-27-18/h2,4,6-10,12,16H,3,5,11,13-15H2,1H3,(H,23,26)/t16-/m1/s1. The quantitative estimate of drug-likeness (QED) is 0.706. The average Bonchev–Trinajstić information content (AvgIpc) is 3.24. The number of furan rings is 1. The number of aromatic nitrogens is 1. The summed E-state index contributed by atoms with van der Waals surface area (Å²) in [5.74, 6) is 2.78. The number of carbonyl (C=O) groups excluding carboxylic acids is 1. The molecule has 2 aromatic heterocycles. The fourth-order valence-corrected chi connectivity index (χ4v) is 3.59. The van der Waals surface area contributed by atoms with Crippen LogP contribution in [0.4, 0.5) is 5.82 Å². The van der Waals surface area contributed by atoms with Crippen LogP contribution in [-0.2, 0) is 11.3 Å². The molecular formula is C22H25N3O3. The Morgan fingerprint density at radius 1 is 1.29 bits per heavy atom. The lowest BCUT2D eigenvalue weighted by atomic mass is 10.0. The molecule has 0 unspecified atom stereocenters. The second-order valence-corrected chi connectivity index (χ2v) is 7.34. The molecule has 3 heterocycles. The van der Waals surface area contributed by atoms with Gasteiger partial charge in [0.1, 0.15) is 22.8 Å². The monoisotopic (exact) mass is 379 g/mol. The molecule has 1 saturated heterocycles. The van der Waals surface area contributed by atoms with Gasteiger partial charge in [0.05, 0.1) is 12.8 Å². The molecule has 146 valence electrons. The summed E-state index contributed by atoms with van der Waals surface area (Å²) in [5, 5.41) is 3.79. The van der Waals surface area contributed by atoms with Gasteiger partial charge in [0.2, 0.25) is 0 Å². The minimum Gasteiger partial charge on any atom is -0.481 e. The van der Waals surface area contributed by atoms with Gasteiger partial charge in [-0.1, -0.05) is 19.1 Å². The van der Waals surface area contributed by atoms with Crippen LogP contribution < -0.4 is 15.0 Å². The van der Waals surface area contributed by atoms with Gasteiger partial charge >= 0.3 is 0 Å². The van der Waals surface area contributed by atoms with Crippen molar-refractivity contribution < 1.29 is 13.9 Å². The molecule has 1 aromatic carbocycles. The SMILES string of the molecule is C[C@@H]1CCCN(c2ccc3cccc(OCC(=O)NCc4ccco4)c3n2)C1. The number of fused-ring (bicyclic) bond motifs is 1. The van der Waals surface area contributed by atoms with Gasteiger partial charge in [-0.15, -0.1) is 0 Å². The highest BCUT2D eigenvalue weighted by Crippen LogP contribution is 2.28. The fourth-order valence-electron chi connectivity index (χ4n) is 3.59. The highest BCUT2D eigenvalue weighted by atomic mass is 16.5. The molecule has 1 aliphatic rings. The van der Waals surface area contributed by atoms with E-state index in [1.165, 1.54) is 12.8 Å². The minimum absolute atomic E-state index is 0.0630. The first kappa shape index (κ1) is 18.3. The van der Waals surface area contributed by atoms with Crippen LogP contribution in [0.2, 0.25) is 0 Å². The van der Waals surface area contributed by atoms with E-state index < -0.39 is 0 Å². The Bertz CT molecular complexity index is 939. The van der Waals surface area contributed by atoms with Crippen molar-refractivity contribution in [1.29, 1.82) is 0 Å². The number of carbonyl (C=O) groups is 1. The Morgan fingerprint density at radius 2 is 2.21 bits per heavy atom. The highest BCUT2D eigenvalue weighted by molar-refractivity contribution is 5.86. The number of hydrogen-bond acceptors (Lipinski definition) is 5. The summed E-state index contributed by atoms with van der Waals surface area (Å²) in [6.07, 6.45) is 4.04. The van der Waals surface area contributed by atoms with Crippen LogP contribution in [0.15, 0.2) is 53.1 Å². The van der Waals surface area contributed by atoms with Crippen LogP contribution in [0.5, 0.6) is 5.75 Å². The van der Waals surface area contributed by atoms with Gasteiger partial charge in [-0.2, -0.15) is 0 Å². The van der Waals surface area contributed by atoms with Crippen molar-refractivity contribution in [3.8, 4) is 5.75 Å². The molecule has 6 heteroatoms. The number of nitrogens with zero attached hydrogens (tertiary/aromatic N) is 2. The number of nitrogens with one attached hydrogen (secondary N) is 1. The fraction of sp³-hybridized carbons (Fsp3) is 0.364. The van der Waals surface area contributed by atoms with Crippen molar-refractivity contribution in [1.82, 2.24) is 10.3 Å². The first-order valence-electron chi connectivity index (χ1n) is 9.75. The number of pyridine rings is 1. The molecular weight excluding hydrogens is 354 g/mol. The molecule has 0 aliphatic carbocycles. The van der Waals surface area contributed by atoms with E-state index in [1.807, 2.05) is 24.3 Å². The van der Waals surface area contributed by atoms with Crippen LogP contribution in [0.25, 0.3) is 10.9 Å². The lowest BCUT2D eigenvalue weighted by Gasteiger charge is -2.32. The van der Waals surface area contributed by atoms with Gasteiger partial charge in [0.25, 0.3) is 5.91 Å². The second kappa shape index (κ2) is 8.33. The lowest BCUT2D eigenvalue weighted by molar-refractivity contribution is -0.123. The van der Waals surface area contributed by atoms with Crippen molar-refractivity contribution in [2.24, 2.45) is 5.92 Å². The predicted molar refractivity (Wildman–Crippen MR) is 108 cm³/mol. The van der Waals surface area contributed by atoms with E-state index in [0.29, 0.717) is 24.0 Å². The number of hydrogen-bond donors (Lipinski definition) is 1. The molecule has 3 aromatic rings. The summed E-state index contributed by atoms with van der Waals surface area (Å²) in [4.78, 5) is 19.3. The van der Waals surface area contributed by atoms with Gasteiger partial charge in [0.15, 0.2) is 6.61 Å². The first-order chi connectivity index (χ1) is 13.7. The zero-order valence-corrected chi connectivity index (χ0v) is 16.1. The van der Waals surface area contributed by atoms with E-state index in [0.717, 1.165) is 29.8 Å². The van der Waals surface area contributed by atoms with Crippen molar-refractivity contribution in [3.63, 3.8) is 0 Å². The average molecular weight is 379 g/mol. The maximum Gasteiger partial charge on any atom is 0.258 e. The predicted octanol–water partition coefficient (Wildman–Crippen LogP) is 3.76. The molecule has 1 N–H and O–H groups in total. The Hall–Kier alpha value is -3.02. The first-order valence-corrected chi connectivity index (χ1v) is 9.75. The van der Waals surface area contributed by atoms with E-state index in [2.05, 4.69) is 29.3 Å². The molecule has 1 fully saturated rings. The smallest absolute Gasteiger partial charge is 0.258 e. The Kier molecular flexibility index (Phi) is 5.46. The van der Waals surface area contributed by atoms with Crippen LogP contribution >= 0.6 is 0 Å². The third-order valence-corrected chi connectivity index (χ3v) is 5.05. The topological polar surface area (TPSA) is 67.6 Å². The van der Waals surface area contributed by atoms with Crippen molar-refractivity contribution in [2.45, 2.75) is 26.3 Å². The molecule has 0 radical (unpaired) electrons. The number of para-hydroxylation sites is 1. The highest BCUT2D eigenvalue weighted by Gasteiger charge is 2.18. The van der Waals surface area contributed by atoms with Crippen LogP contribution in [0, 0.1) is 5.92 Å². The number of ether oxygens (including phenoxy) is 1. The Morgan fingerprint density at radius 3 is 3.04 bits per heavy atom. The third-order valence-electron chi connectivity index (χ3n) is 5.05. The summed E-state index contributed by atoms with van der Waals surface area (Å²) in [6, 6.07) is 13.5. The summed E-state index contributed by atoms with van der Waals surface area (Å²) in [6.45, 7) is 4.62. The zero-order chi connectivity index (χ0) is 19.3. The normalized spacial score (nSPS) is 16.9. The summed E-state index contributed by atoms with van der Waals surface area (Å²) in [7, 11) is 0. The summed E-state index contributed by atoms with van der Waals surface area (Å²) >= 11 is 0. The third kappa shape index (κ3) is 4.27. The Labute approximate surface area is 164 Å². The van der Waals surface area contributed by atoms with Crippen LogP contribution in [0.3, 0.4) is 0 Å². The summed E-state index contributed by atoms with van der Waals surface area (Å²) in [5.41, 5.74) is 0.789. The number of piperidine rings is 1. The molecule has 0 bridgehead atoms. The minimum atomic E-state index is -0.200. The molecule has 28 heavy (non-hydrogen) atoms. The Balaban J connectivity index is 1.45. The number of benzene rings is 1. The molecule has 1 amide bonds. The van der Waals surface area contributed by atoms with E-state index >= 15 is 0 Å². The van der Waals surface area contributed by atoms with E-state index in [4.69, 9.17) is 14.1 Å². The van der Waals surface area contributed by atoms with Crippen molar-refractivity contribution in [2.75, 3.05) is 24.6 Å². The van der Waals surface area contributed by atoms with Crippen LogP contribution in [0.1, 0.15) is 25.5 Å². The van der Waals surface area contributed by atoms with Gasteiger partial charge < -0.3 is 19.4 Å². The molecule has 1 atom stereocenters.